The van der Waals surface area contributed by atoms with Gasteiger partial charge < -0.3 is 11.1 Å². The third kappa shape index (κ3) is 5.32. The second kappa shape index (κ2) is 9.22. The van der Waals surface area contributed by atoms with Crippen LogP contribution in [0.1, 0.15) is 32.1 Å². The molecule has 0 heterocycles. The van der Waals surface area contributed by atoms with Crippen LogP contribution in [0.5, 0.6) is 0 Å². The summed E-state index contributed by atoms with van der Waals surface area (Å²) in [7, 11) is 0. The highest BCUT2D eigenvalue weighted by molar-refractivity contribution is 5.95. The first-order valence-corrected chi connectivity index (χ1v) is 8.26. The van der Waals surface area contributed by atoms with Crippen molar-refractivity contribution in [3.63, 3.8) is 0 Å². The molecule has 6 heteroatoms. The smallest absolute Gasteiger partial charge is 0.224 e. The third-order valence-electron chi connectivity index (χ3n) is 3.85. The number of nitrogens with one attached hydrogen (secondary N) is 1. The molecule has 0 aliphatic rings. The quantitative estimate of drug-likeness (QED) is 0.539. The maximum atomic E-state index is 13.5. The molecule has 0 aliphatic carbocycles. The van der Waals surface area contributed by atoms with Gasteiger partial charge in [-0.25, -0.2) is 13.2 Å². The van der Waals surface area contributed by atoms with E-state index in [0.717, 1.165) is 37.8 Å². The summed E-state index contributed by atoms with van der Waals surface area (Å²) >= 11 is 0. The molecule has 0 unspecified atom stereocenters. The van der Waals surface area contributed by atoms with E-state index in [4.69, 9.17) is 5.73 Å². The lowest BCUT2D eigenvalue weighted by Crippen LogP contribution is -2.12. The SMILES string of the molecule is NCCCCCCC(=O)Nc1ccccc1-c1cc(F)c(F)c(F)c1. The van der Waals surface area contributed by atoms with Gasteiger partial charge in [-0.15, -0.1) is 0 Å². The molecular formula is C19H21F3N2O. The van der Waals surface area contributed by atoms with Gasteiger partial charge in [0.1, 0.15) is 0 Å². The van der Waals surface area contributed by atoms with Crippen LogP contribution in [-0.2, 0) is 4.79 Å². The van der Waals surface area contributed by atoms with E-state index in [1.54, 1.807) is 24.3 Å². The molecule has 0 saturated heterocycles. The van der Waals surface area contributed by atoms with Crippen molar-refractivity contribution in [3.05, 3.63) is 53.8 Å². The number of para-hydroxylation sites is 1. The van der Waals surface area contributed by atoms with Crippen LogP contribution in [-0.4, -0.2) is 12.5 Å². The highest BCUT2D eigenvalue weighted by Gasteiger charge is 2.14. The van der Waals surface area contributed by atoms with Crippen LogP contribution in [0.4, 0.5) is 18.9 Å². The Morgan fingerprint density at radius 3 is 2.28 bits per heavy atom. The molecule has 2 aromatic carbocycles. The van der Waals surface area contributed by atoms with E-state index in [1.807, 2.05) is 0 Å². The van der Waals surface area contributed by atoms with Gasteiger partial charge in [0.2, 0.25) is 5.91 Å². The van der Waals surface area contributed by atoms with Crippen LogP contribution in [0.3, 0.4) is 0 Å². The summed E-state index contributed by atoms with van der Waals surface area (Å²) in [5.74, 6) is -4.22. The van der Waals surface area contributed by atoms with Crippen LogP contribution in [0.15, 0.2) is 36.4 Å². The molecule has 0 fully saturated rings. The zero-order valence-corrected chi connectivity index (χ0v) is 13.8. The summed E-state index contributed by atoms with van der Waals surface area (Å²) in [4.78, 5) is 12.1. The minimum Gasteiger partial charge on any atom is -0.330 e. The number of carbonyl (C=O) groups is 1. The van der Waals surface area contributed by atoms with Crippen LogP contribution in [0, 0.1) is 17.5 Å². The minimum absolute atomic E-state index is 0.162. The van der Waals surface area contributed by atoms with E-state index >= 15 is 0 Å². The van der Waals surface area contributed by atoms with Gasteiger partial charge in [-0.05, 0) is 43.1 Å². The zero-order chi connectivity index (χ0) is 18.2. The number of hydrogen-bond donors (Lipinski definition) is 2. The number of benzene rings is 2. The molecule has 0 aliphatic heterocycles. The number of rotatable bonds is 8. The van der Waals surface area contributed by atoms with Crippen molar-refractivity contribution >= 4 is 11.6 Å². The van der Waals surface area contributed by atoms with Gasteiger partial charge in [-0.2, -0.15) is 0 Å². The summed E-state index contributed by atoms with van der Waals surface area (Å²) in [5.41, 5.74) is 6.44. The second-order valence-corrected chi connectivity index (χ2v) is 5.80. The standard InChI is InChI=1S/C19H21F3N2O/c20-15-11-13(12-16(21)19(15)22)14-7-4-5-8-17(14)24-18(25)9-3-1-2-6-10-23/h4-5,7-8,11-12H,1-3,6,9-10,23H2,(H,24,25). The predicted octanol–water partition coefficient (Wildman–Crippen LogP) is 4.62. The van der Waals surface area contributed by atoms with E-state index < -0.39 is 17.5 Å². The fourth-order valence-corrected chi connectivity index (χ4v) is 2.55. The molecule has 25 heavy (non-hydrogen) atoms. The lowest BCUT2D eigenvalue weighted by molar-refractivity contribution is -0.116. The second-order valence-electron chi connectivity index (χ2n) is 5.80. The van der Waals surface area contributed by atoms with E-state index in [1.165, 1.54) is 0 Å². The molecule has 1 amide bonds. The number of amides is 1. The number of unbranched alkanes of at least 4 members (excludes halogenated alkanes) is 3. The van der Waals surface area contributed by atoms with Crippen molar-refractivity contribution in [2.75, 3.05) is 11.9 Å². The van der Waals surface area contributed by atoms with Gasteiger partial charge in [-0.3, -0.25) is 4.79 Å². The van der Waals surface area contributed by atoms with Crippen molar-refractivity contribution < 1.29 is 18.0 Å². The summed E-state index contributed by atoms with van der Waals surface area (Å²) in [6, 6.07) is 8.46. The molecule has 0 atom stereocenters. The highest BCUT2D eigenvalue weighted by atomic mass is 19.2. The molecule has 0 aromatic heterocycles. The molecule has 0 spiro atoms. The molecular weight excluding hydrogens is 329 g/mol. The average Bonchev–Trinajstić information content (AvgIpc) is 2.59. The molecule has 0 radical (unpaired) electrons. The Balaban J connectivity index is 2.09. The first-order valence-electron chi connectivity index (χ1n) is 8.26. The normalized spacial score (nSPS) is 10.7. The number of hydrogen-bond acceptors (Lipinski definition) is 2. The fourth-order valence-electron chi connectivity index (χ4n) is 2.55. The van der Waals surface area contributed by atoms with E-state index in [0.29, 0.717) is 24.2 Å². The van der Waals surface area contributed by atoms with Gasteiger partial charge in [0.15, 0.2) is 17.5 Å². The Morgan fingerprint density at radius 1 is 0.960 bits per heavy atom. The molecule has 134 valence electrons. The fraction of sp³-hybridized carbons (Fsp3) is 0.316. The van der Waals surface area contributed by atoms with Gasteiger partial charge in [0.05, 0.1) is 0 Å². The highest BCUT2D eigenvalue weighted by Crippen LogP contribution is 2.30. The van der Waals surface area contributed by atoms with Crippen LogP contribution >= 0.6 is 0 Å². The maximum absolute atomic E-state index is 13.5. The summed E-state index contributed by atoms with van der Waals surface area (Å²) in [6.45, 7) is 0.643. The van der Waals surface area contributed by atoms with Gasteiger partial charge in [0, 0.05) is 17.7 Å². The predicted molar refractivity (Wildman–Crippen MR) is 92.5 cm³/mol. The van der Waals surface area contributed by atoms with Crippen LogP contribution in [0.25, 0.3) is 11.1 Å². The van der Waals surface area contributed by atoms with E-state index in [9.17, 15) is 18.0 Å². The molecule has 0 bridgehead atoms. The number of carbonyl (C=O) groups excluding carboxylic acids is 1. The zero-order valence-electron chi connectivity index (χ0n) is 13.8. The maximum Gasteiger partial charge on any atom is 0.224 e. The number of anilines is 1. The molecule has 0 saturated carbocycles. The third-order valence-corrected chi connectivity index (χ3v) is 3.85. The average molecular weight is 350 g/mol. The van der Waals surface area contributed by atoms with Gasteiger partial charge in [-0.1, -0.05) is 31.0 Å². The first-order chi connectivity index (χ1) is 12.0. The Kier molecular flexibility index (Phi) is 7.01. The van der Waals surface area contributed by atoms with Gasteiger partial charge in [0.25, 0.3) is 0 Å². The Morgan fingerprint density at radius 2 is 1.60 bits per heavy atom. The van der Waals surface area contributed by atoms with Crippen molar-refractivity contribution in [2.24, 2.45) is 5.73 Å². The lowest BCUT2D eigenvalue weighted by atomic mass is 10.0. The van der Waals surface area contributed by atoms with Crippen molar-refractivity contribution in [1.82, 2.24) is 0 Å². The Hall–Kier alpha value is -2.34. The number of nitrogens with two attached hydrogens (primary N) is 1. The number of halogens is 3. The summed E-state index contributed by atoms with van der Waals surface area (Å²) in [5, 5.41) is 2.75. The van der Waals surface area contributed by atoms with Crippen LogP contribution < -0.4 is 11.1 Å². The minimum atomic E-state index is -1.51. The van der Waals surface area contributed by atoms with Crippen molar-refractivity contribution in [1.29, 1.82) is 0 Å². The Labute approximate surface area is 145 Å². The Bertz CT molecular complexity index is 711. The monoisotopic (exact) mass is 350 g/mol. The molecule has 3 N–H and O–H groups in total. The van der Waals surface area contributed by atoms with E-state index in [2.05, 4.69) is 5.32 Å². The lowest BCUT2D eigenvalue weighted by Gasteiger charge is -2.12. The van der Waals surface area contributed by atoms with Crippen LogP contribution in [0.2, 0.25) is 0 Å². The van der Waals surface area contributed by atoms with Crippen molar-refractivity contribution in [3.8, 4) is 11.1 Å². The topological polar surface area (TPSA) is 55.1 Å². The first kappa shape index (κ1) is 19.0. The largest absolute Gasteiger partial charge is 0.330 e. The van der Waals surface area contributed by atoms with Crippen molar-refractivity contribution in [2.45, 2.75) is 32.1 Å². The molecule has 2 aromatic rings. The summed E-state index contributed by atoms with van der Waals surface area (Å²) in [6.07, 6.45) is 3.93. The van der Waals surface area contributed by atoms with E-state index in [-0.39, 0.29) is 11.5 Å². The summed E-state index contributed by atoms with van der Waals surface area (Å²) < 4.78 is 40.1. The molecule has 2 rings (SSSR count). The molecule has 3 nitrogen and oxygen atoms in total. The van der Waals surface area contributed by atoms with Gasteiger partial charge >= 0.3 is 0 Å².